The Morgan fingerprint density at radius 3 is 2.06 bits per heavy atom. The Bertz CT molecular complexity index is 1240. The molecule has 0 radical (unpaired) electrons. The van der Waals surface area contributed by atoms with E-state index in [0.717, 1.165) is 0 Å². The number of nitrogens with zero attached hydrogens (tertiary/aromatic N) is 2. The number of phenolic OH excluding ortho intramolecular Hbond substituents is 1. The summed E-state index contributed by atoms with van der Waals surface area (Å²) in [7, 11) is 0. The Hall–Kier alpha value is -2.28. The molecule has 0 aliphatic rings. The fourth-order valence-electron chi connectivity index (χ4n) is 2.76. The molecule has 0 spiro atoms. The molecular formula is C21H12Cl5N3O2. The van der Waals surface area contributed by atoms with E-state index in [1.54, 1.807) is 48.5 Å². The van der Waals surface area contributed by atoms with Crippen LogP contribution in [0.1, 0.15) is 0 Å². The molecule has 0 bridgehead atoms. The van der Waals surface area contributed by atoms with Crippen LogP contribution in [0, 0.1) is 0 Å². The van der Waals surface area contributed by atoms with Crippen LogP contribution in [0.2, 0.25) is 25.1 Å². The van der Waals surface area contributed by atoms with Gasteiger partial charge < -0.3 is 15.2 Å². The van der Waals surface area contributed by atoms with Crippen LogP contribution in [0.4, 0.5) is 11.5 Å². The smallest absolute Gasteiger partial charge is 0.224 e. The lowest BCUT2D eigenvalue weighted by Crippen LogP contribution is -2.02. The maximum atomic E-state index is 9.52. The standard InChI is InChI=1S/C21H12Cl5N3O2/c22-11-1-6-18(15(24)7-11)27-19-10-20(31-14-4-2-13(30)3-5-14)29(28-19)21-16(25)8-12(23)9-17(21)26/h1-10,30H,(H,27,28). The van der Waals surface area contributed by atoms with Crippen LogP contribution >= 0.6 is 58.0 Å². The van der Waals surface area contributed by atoms with E-state index in [4.69, 9.17) is 62.7 Å². The van der Waals surface area contributed by atoms with Crippen molar-refractivity contribution in [3.63, 3.8) is 0 Å². The minimum absolute atomic E-state index is 0.115. The van der Waals surface area contributed by atoms with Crippen molar-refractivity contribution in [1.82, 2.24) is 9.78 Å². The van der Waals surface area contributed by atoms with Gasteiger partial charge in [-0.05, 0) is 54.6 Å². The quantitative estimate of drug-likeness (QED) is 0.280. The second-order valence-corrected chi connectivity index (χ2v) is 8.44. The summed E-state index contributed by atoms with van der Waals surface area (Å²) in [6.45, 7) is 0. The SMILES string of the molecule is Oc1ccc(Oc2cc(Nc3ccc(Cl)cc3Cl)nn2-c2c(Cl)cc(Cl)cc2Cl)cc1. The van der Waals surface area contributed by atoms with Crippen molar-refractivity contribution in [2.75, 3.05) is 5.32 Å². The van der Waals surface area contributed by atoms with E-state index in [0.29, 0.717) is 43.9 Å². The number of nitrogens with one attached hydrogen (secondary N) is 1. The number of benzene rings is 3. The average molecular weight is 516 g/mol. The average Bonchev–Trinajstić information content (AvgIpc) is 3.07. The highest BCUT2D eigenvalue weighted by Crippen LogP contribution is 2.38. The molecule has 1 heterocycles. The second-order valence-electron chi connectivity index (χ2n) is 6.34. The third-order valence-electron chi connectivity index (χ3n) is 4.12. The molecule has 5 nitrogen and oxygen atoms in total. The van der Waals surface area contributed by atoms with Crippen molar-refractivity contribution >= 4 is 69.5 Å². The first-order valence-corrected chi connectivity index (χ1v) is 10.6. The van der Waals surface area contributed by atoms with Gasteiger partial charge in [0.15, 0.2) is 5.82 Å². The fourth-order valence-corrected chi connectivity index (χ4v) is 4.19. The number of ether oxygens (including phenoxy) is 1. The number of hydrogen-bond donors (Lipinski definition) is 2. The summed E-state index contributed by atoms with van der Waals surface area (Å²) < 4.78 is 7.42. The minimum atomic E-state index is 0.115. The monoisotopic (exact) mass is 513 g/mol. The molecule has 4 aromatic rings. The number of hydrogen-bond acceptors (Lipinski definition) is 4. The lowest BCUT2D eigenvalue weighted by Gasteiger charge is -2.12. The van der Waals surface area contributed by atoms with E-state index < -0.39 is 0 Å². The van der Waals surface area contributed by atoms with Gasteiger partial charge in [-0.25, -0.2) is 0 Å². The van der Waals surface area contributed by atoms with Gasteiger partial charge in [-0.15, -0.1) is 5.10 Å². The number of phenols is 1. The van der Waals surface area contributed by atoms with Crippen LogP contribution in [0.25, 0.3) is 5.69 Å². The highest BCUT2D eigenvalue weighted by atomic mass is 35.5. The van der Waals surface area contributed by atoms with Gasteiger partial charge in [0, 0.05) is 16.1 Å². The Balaban J connectivity index is 1.79. The number of halogens is 5. The topological polar surface area (TPSA) is 59.3 Å². The first-order valence-electron chi connectivity index (χ1n) is 8.74. The maximum Gasteiger partial charge on any atom is 0.224 e. The number of anilines is 2. The second kappa shape index (κ2) is 9.07. The van der Waals surface area contributed by atoms with Crippen molar-refractivity contribution in [2.45, 2.75) is 0 Å². The van der Waals surface area contributed by atoms with Crippen LogP contribution in [0.5, 0.6) is 17.4 Å². The van der Waals surface area contributed by atoms with Gasteiger partial charge >= 0.3 is 0 Å². The zero-order valence-electron chi connectivity index (χ0n) is 15.4. The Morgan fingerprint density at radius 1 is 0.774 bits per heavy atom. The highest BCUT2D eigenvalue weighted by molar-refractivity contribution is 6.40. The third kappa shape index (κ3) is 4.97. The van der Waals surface area contributed by atoms with Crippen molar-refractivity contribution in [2.24, 2.45) is 0 Å². The van der Waals surface area contributed by atoms with Crippen LogP contribution in [0.3, 0.4) is 0 Å². The van der Waals surface area contributed by atoms with E-state index in [1.165, 1.54) is 16.8 Å². The molecule has 0 unspecified atom stereocenters. The number of aromatic hydroxyl groups is 1. The largest absolute Gasteiger partial charge is 0.508 e. The molecule has 4 rings (SSSR count). The van der Waals surface area contributed by atoms with Gasteiger partial charge in [0.2, 0.25) is 5.88 Å². The zero-order valence-corrected chi connectivity index (χ0v) is 19.2. The molecular weight excluding hydrogens is 504 g/mol. The summed E-state index contributed by atoms with van der Waals surface area (Å²) in [5.41, 5.74) is 0.983. The van der Waals surface area contributed by atoms with E-state index in [-0.39, 0.29) is 15.8 Å². The van der Waals surface area contributed by atoms with Crippen molar-refractivity contribution < 1.29 is 9.84 Å². The molecule has 0 fully saturated rings. The number of aromatic nitrogens is 2. The van der Waals surface area contributed by atoms with Crippen LogP contribution in [0.15, 0.2) is 60.7 Å². The lowest BCUT2D eigenvalue weighted by molar-refractivity contribution is 0.440. The predicted octanol–water partition coefficient (Wildman–Crippen LogP) is 8.38. The summed E-state index contributed by atoms with van der Waals surface area (Å²) in [6, 6.07) is 16.0. The normalized spacial score (nSPS) is 10.9. The summed E-state index contributed by atoms with van der Waals surface area (Å²) in [4.78, 5) is 0. The van der Waals surface area contributed by atoms with Gasteiger partial charge in [0.25, 0.3) is 0 Å². The molecule has 0 aliphatic carbocycles. The minimum Gasteiger partial charge on any atom is -0.508 e. The van der Waals surface area contributed by atoms with Gasteiger partial charge in [0.1, 0.15) is 17.2 Å². The first-order chi connectivity index (χ1) is 14.8. The molecule has 0 aliphatic heterocycles. The lowest BCUT2D eigenvalue weighted by atomic mass is 10.3. The van der Waals surface area contributed by atoms with Gasteiger partial charge in [-0.2, -0.15) is 4.68 Å². The molecule has 31 heavy (non-hydrogen) atoms. The zero-order chi connectivity index (χ0) is 22.1. The maximum absolute atomic E-state index is 9.52. The predicted molar refractivity (Wildman–Crippen MR) is 127 cm³/mol. The summed E-state index contributed by atoms with van der Waals surface area (Å²) >= 11 is 31.1. The highest BCUT2D eigenvalue weighted by Gasteiger charge is 2.19. The summed E-state index contributed by atoms with van der Waals surface area (Å²) in [6.07, 6.45) is 0. The van der Waals surface area contributed by atoms with Crippen molar-refractivity contribution in [3.8, 4) is 23.1 Å². The van der Waals surface area contributed by atoms with Crippen LogP contribution in [-0.2, 0) is 0 Å². The van der Waals surface area contributed by atoms with Crippen molar-refractivity contribution in [1.29, 1.82) is 0 Å². The van der Waals surface area contributed by atoms with E-state index >= 15 is 0 Å². The van der Waals surface area contributed by atoms with E-state index in [1.807, 2.05) is 0 Å². The Kier molecular flexibility index (Phi) is 6.42. The van der Waals surface area contributed by atoms with E-state index in [2.05, 4.69) is 10.4 Å². The molecule has 1 aromatic heterocycles. The molecule has 0 saturated heterocycles. The Labute approximate surface area is 202 Å². The van der Waals surface area contributed by atoms with Gasteiger partial charge in [-0.3, -0.25) is 0 Å². The molecule has 10 heteroatoms. The summed E-state index contributed by atoms with van der Waals surface area (Å²) in [5, 5.41) is 19.1. The van der Waals surface area contributed by atoms with Crippen LogP contribution in [-0.4, -0.2) is 14.9 Å². The molecule has 3 aromatic carbocycles. The molecule has 0 atom stereocenters. The van der Waals surface area contributed by atoms with E-state index in [9.17, 15) is 5.11 Å². The molecule has 158 valence electrons. The summed E-state index contributed by atoms with van der Waals surface area (Å²) in [5.74, 6) is 1.31. The van der Waals surface area contributed by atoms with Crippen molar-refractivity contribution in [3.05, 3.63) is 85.8 Å². The first kappa shape index (κ1) is 21.9. The number of rotatable bonds is 5. The Morgan fingerprint density at radius 2 is 1.42 bits per heavy atom. The van der Waals surface area contributed by atoms with Gasteiger partial charge in [-0.1, -0.05) is 58.0 Å². The van der Waals surface area contributed by atoms with Crippen LogP contribution < -0.4 is 10.1 Å². The molecule has 2 N–H and O–H groups in total. The van der Waals surface area contributed by atoms with Gasteiger partial charge in [0.05, 0.1) is 20.8 Å². The molecule has 0 saturated carbocycles. The molecule has 0 amide bonds. The third-order valence-corrected chi connectivity index (χ3v) is 5.47. The fraction of sp³-hybridized carbons (Fsp3) is 0.